The van der Waals surface area contributed by atoms with Crippen LogP contribution in [0.5, 0.6) is 0 Å². The summed E-state index contributed by atoms with van der Waals surface area (Å²) in [5.41, 5.74) is 2.83. The standard InChI is InChI=1S/C26H25FN6O2/c27-19-6-3-4-17(12-19)10-11-30-25-22(26(35)31-15-20-14-29-16-24(34)32-20)8-9-23(33-25)21-7-2-1-5-18(21)13-28/h1-9,12,20,29H,10-11,14-16H2,(H,30,33)(H,31,35)(H,32,34)/t20-/m1/s1. The molecular weight excluding hydrogens is 447 g/mol. The highest BCUT2D eigenvalue weighted by Crippen LogP contribution is 2.25. The fourth-order valence-electron chi connectivity index (χ4n) is 3.87. The summed E-state index contributed by atoms with van der Waals surface area (Å²) < 4.78 is 13.5. The molecule has 178 valence electrons. The van der Waals surface area contributed by atoms with Gasteiger partial charge in [-0.25, -0.2) is 9.37 Å². The molecule has 0 spiro atoms. The van der Waals surface area contributed by atoms with E-state index in [-0.39, 0.29) is 36.8 Å². The zero-order valence-corrected chi connectivity index (χ0v) is 19.0. The van der Waals surface area contributed by atoms with E-state index >= 15 is 0 Å². The van der Waals surface area contributed by atoms with Crippen molar-refractivity contribution in [2.75, 3.05) is 31.5 Å². The van der Waals surface area contributed by atoms with Crippen molar-refractivity contribution in [3.8, 4) is 17.3 Å². The van der Waals surface area contributed by atoms with Gasteiger partial charge in [-0.3, -0.25) is 9.59 Å². The lowest BCUT2D eigenvalue weighted by Gasteiger charge is -2.24. The molecule has 0 bridgehead atoms. The first kappa shape index (κ1) is 23.9. The molecule has 2 aromatic carbocycles. The molecule has 0 aliphatic carbocycles. The highest BCUT2D eigenvalue weighted by Gasteiger charge is 2.20. The van der Waals surface area contributed by atoms with E-state index in [1.54, 1.807) is 36.4 Å². The second-order valence-corrected chi connectivity index (χ2v) is 8.16. The first-order valence-corrected chi connectivity index (χ1v) is 11.3. The Morgan fingerprint density at radius 3 is 2.83 bits per heavy atom. The number of hydrogen-bond acceptors (Lipinski definition) is 6. The van der Waals surface area contributed by atoms with Crippen LogP contribution in [0.25, 0.3) is 11.3 Å². The summed E-state index contributed by atoms with van der Waals surface area (Å²) in [7, 11) is 0. The Balaban J connectivity index is 1.54. The number of carbonyl (C=O) groups excluding carboxylic acids is 2. The first-order chi connectivity index (χ1) is 17.0. The fraction of sp³-hybridized carbons (Fsp3) is 0.231. The van der Waals surface area contributed by atoms with Gasteiger partial charge in [0, 0.05) is 25.2 Å². The maximum Gasteiger partial charge on any atom is 0.255 e. The van der Waals surface area contributed by atoms with Crippen LogP contribution >= 0.6 is 0 Å². The molecule has 1 aromatic heterocycles. The number of benzene rings is 2. The molecule has 2 amide bonds. The predicted molar refractivity (Wildman–Crippen MR) is 130 cm³/mol. The van der Waals surface area contributed by atoms with Gasteiger partial charge in [0.1, 0.15) is 11.6 Å². The molecule has 1 aliphatic heterocycles. The number of nitrogens with zero attached hydrogens (tertiary/aromatic N) is 2. The van der Waals surface area contributed by atoms with E-state index in [1.807, 2.05) is 12.1 Å². The summed E-state index contributed by atoms with van der Waals surface area (Å²) in [5, 5.41) is 21.3. The van der Waals surface area contributed by atoms with Crippen molar-refractivity contribution in [3.05, 3.63) is 83.2 Å². The van der Waals surface area contributed by atoms with E-state index in [1.165, 1.54) is 12.1 Å². The molecule has 8 nitrogen and oxygen atoms in total. The Morgan fingerprint density at radius 2 is 2.03 bits per heavy atom. The molecule has 1 fully saturated rings. The van der Waals surface area contributed by atoms with Crippen LogP contribution in [-0.2, 0) is 11.2 Å². The molecule has 4 rings (SSSR count). The third kappa shape index (κ3) is 6.19. The van der Waals surface area contributed by atoms with Crippen molar-refractivity contribution in [1.29, 1.82) is 5.26 Å². The third-order valence-corrected chi connectivity index (χ3v) is 5.61. The second kappa shape index (κ2) is 11.2. The van der Waals surface area contributed by atoms with E-state index in [2.05, 4.69) is 32.3 Å². The minimum absolute atomic E-state index is 0.114. The molecule has 35 heavy (non-hydrogen) atoms. The van der Waals surface area contributed by atoms with Crippen LogP contribution in [-0.4, -0.2) is 49.0 Å². The minimum Gasteiger partial charge on any atom is -0.369 e. The molecule has 1 aliphatic rings. The van der Waals surface area contributed by atoms with Crippen LogP contribution in [0.3, 0.4) is 0 Å². The van der Waals surface area contributed by atoms with Gasteiger partial charge in [-0.2, -0.15) is 5.26 Å². The number of rotatable bonds is 8. The monoisotopic (exact) mass is 472 g/mol. The number of nitriles is 1. The number of carbonyl (C=O) groups is 2. The van der Waals surface area contributed by atoms with Crippen LogP contribution in [0, 0.1) is 17.1 Å². The highest BCUT2D eigenvalue weighted by molar-refractivity contribution is 5.99. The second-order valence-electron chi connectivity index (χ2n) is 8.16. The van der Waals surface area contributed by atoms with E-state index in [0.29, 0.717) is 47.7 Å². The summed E-state index contributed by atoms with van der Waals surface area (Å²) in [5.74, 6) is -0.405. The predicted octanol–water partition coefficient (Wildman–Crippen LogP) is 2.23. The van der Waals surface area contributed by atoms with E-state index in [4.69, 9.17) is 0 Å². The maximum atomic E-state index is 13.5. The van der Waals surface area contributed by atoms with Gasteiger partial charge in [0.25, 0.3) is 5.91 Å². The number of halogens is 1. The number of nitrogens with one attached hydrogen (secondary N) is 4. The Hall–Kier alpha value is -4.29. The molecule has 0 unspecified atom stereocenters. The number of amides is 2. The average molecular weight is 473 g/mol. The molecule has 0 saturated carbocycles. The maximum absolute atomic E-state index is 13.5. The Kier molecular flexibility index (Phi) is 7.65. The topological polar surface area (TPSA) is 119 Å². The van der Waals surface area contributed by atoms with Gasteiger partial charge in [0.15, 0.2) is 0 Å². The summed E-state index contributed by atoms with van der Waals surface area (Å²) in [6, 6.07) is 18.8. The lowest BCUT2D eigenvalue weighted by atomic mass is 10.0. The number of pyridine rings is 1. The van der Waals surface area contributed by atoms with Crippen LogP contribution < -0.4 is 21.3 Å². The first-order valence-electron chi connectivity index (χ1n) is 11.3. The van der Waals surface area contributed by atoms with E-state index < -0.39 is 0 Å². The van der Waals surface area contributed by atoms with Crippen molar-refractivity contribution < 1.29 is 14.0 Å². The summed E-state index contributed by atoms with van der Waals surface area (Å²) in [6.45, 7) is 1.51. The average Bonchev–Trinajstić information content (AvgIpc) is 2.87. The van der Waals surface area contributed by atoms with Crippen molar-refractivity contribution in [2.24, 2.45) is 0 Å². The molecular formula is C26H25FN6O2. The van der Waals surface area contributed by atoms with Crippen LogP contribution in [0.15, 0.2) is 60.7 Å². The van der Waals surface area contributed by atoms with Gasteiger partial charge in [-0.1, -0.05) is 30.3 Å². The molecule has 9 heteroatoms. The number of hydrogen-bond donors (Lipinski definition) is 4. The van der Waals surface area contributed by atoms with Gasteiger partial charge in [0.05, 0.1) is 35.5 Å². The largest absolute Gasteiger partial charge is 0.369 e. The van der Waals surface area contributed by atoms with Gasteiger partial charge in [0.2, 0.25) is 5.91 Å². The van der Waals surface area contributed by atoms with E-state index in [9.17, 15) is 19.2 Å². The number of aromatic nitrogens is 1. The fourth-order valence-corrected chi connectivity index (χ4v) is 3.87. The Bertz CT molecular complexity index is 1270. The van der Waals surface area contributed by atoms with Crippen molar-refractivity contribution in [2.45, 2.75) is 12.5 Å². The van der Waals surface area contributed by atoms with Gasteiger partial charge in [-0.15, -0.1) is 0 Å². The normalized spacial score (nSPS) is 15.1. The van der Waals surface area contributed by atoms with Crippen molar-refractivity contribution >= 4 is 17.6 Å². The molecule has 1 saturated heterocycles. The molecule has 1 atom stereocenters. The molecule has 4 N–H and O–H groups in total. The molecule has 2 heterocycles. The van der Waals surface area contributed by atoms with Crippen LogP contribution in [0.2, 0.25) is 0 Å². The zero-order valence-electron chi connectivity index (χ0n) is 19.0. The number of piperazine rings is 1. The smallest absolute Gasteiger partial charge is 0.255 e. The summed E-state index contributed by atoms with van der Waals surface area (Å²) >= 11 is 0. The molecule has 3 aromatic rings. The van der Waals surface area contributed by atoms with Crippen LogP contribution in [0.1, 0.15) is 21.5 Å². The highest BCUT2D eigenvalue weighted by atomic mass is 19.1. The summed E-state index contributed by atoms with van der Waals surface area (Å²) in [6.07, 6.45) is 0.527. The van der Waals surface area contributed by atoms with Crippen molar-refractivity contribution in [3.63, 3.8) is 0 Å². The van der Waals surface area contributed by atoms with Crippen LogP contribution in [0.4, 0.5) is 10.2 Å². The van der Waals surface area contributed by atoms with Gasteiger partial charge < -0.3 is 21.3 Å². The zero-order chi connectivity index (χ0) is 24.6. The SMILES string of the molecule is N#Cc1ccccc1-c1ccc(C(=O)NC[C@H]2CNCC(=O)N2)c(NCCc2cccc(F)c2)n1. The Labute approximate surface area is 202 Å². The summed E-state index contributed by atoms with van der Waals surface area (Å²) in [4.78, 5) is 29.2. The minimum atomic E-state index is -0.342. The Morgan fingerprint density at radius 1 is 1.17 bits per heavy atom. The quantitative estimate of drug-likeness (QED) is 0.399. The number of anilines is 1. The molecule has 0 radical (unpaired) electrons. The van der Waals surface area contributed by atoms with Gasteiger partial charge in [-0.05, 0) is 42.3 Å². The third-order valence-electron chi connectivity index (χ3n) is 5.61. The van der Waals surface area contributed by atoms with E-state index in [0.717, 1.165) is 5.56 Å². The van der Waals surface area contributed by atoms with Crippen molar-refractivity contribution in [1.82, 2.24) is 20.9 Å². The lowest BCUT2D eigenvalue weighted by molar-refractivity contribution is -0.122. The lowest BCUT2D eigenvalue weighted by Crippen LogP contribution is -2.56. The van der Waals surface area contributed by atoms with Gasteiger partial charge >= 0.3 is 0 Å².